The Bertz CT molecular complexity index is 352. The number of rotatable bonds is 3. The van der Waals surface area contributed by atoms with Crippen LogP contribution in [0.3, 0.4) is 0 Å². The lowest BCUT2D eigenvalue weighted by Crippen LogP contribution is -1.87. The fourth-order valence-electron chi connectivity index (χ4n) is 1.20. The quantitative estimate of drug-likeness (QED) is 0.550. The maximum atomic E-state index is 11.5. The van der Waals surface area contributed by atoms with Crippen molar-refractivity contribution in [2.75, 3.05) is 13.3 Å². The molecular formula is C10H13O2P. The average Bonchev–Trinajstić information content (AvgIpc) is 2.01. The molecule has 0 unspecified atom stereocenters. The zero-order chi connectivity index (χ0) is 9.90. The molecule has 0 aliphatic heterocycles. The molecule has 0 N–H and O–H groups in total. The molecule has 0 aliphatic carbocycles. The Morgan fingerprint density at radius 2 is 2.08 bits per heavy atom. The van der Waals surface area contributed by atoms with Crippen LogP contribution in [-0.4, -0.2) is 19.6 Å². The van der Waals surface area contributed by atoms with Crippen molar-refractivity contribution in [3.05, 3.63) is 35.4 Å². The normalized spacial score (nSPS) is 11.2. The van der Waals surface area contributed by atoms with Crippen LogP contribution >= 0.6 is 7.14 Å². The maximum absolute atomic E-state index is 11.5. The van der Waals surface area contributed by atoms with E-state index in [1.54, 1.807) is 25.5 Å². The van der Waals surface area contributed by atoms with Gasteiger partial charge in [0.1, 0.15) is 6.29 Å². The lowest BCUT2D eigenvalue weighted by molar-refractivity contribution is 0.112. The van der Waals surface area contributed by atoms with Crippen LogP contribution in [0.1, 0.15) is 15.9 Å². The third kappa shape index (κ3) is 3.56. The van der Waals surface area contributed by atoms with Crippen LogP contribution in [-0.2, 0) is 10.7 Å². The number of carbonyl (C=O) groups excluding carboxylic acids is 1. The van der Waals surface area contributed by atoms with Crippen LogP contribution in [0.25, 0.3) is 0 Å². The van der Waals surface area contributed by atoms with Gasteiger partial charge in [-0.1, -0.05) is 18.2 Å². The van der Waals surface area contributed by atoms with Crippen LogP contribution in [0.15, 0.2) is 24.3 Å². The van der Waals surface area contributed by atoms with Crippen molar-refractivity contribution in [1.29, 1.82) is 0 Å². The van der Waals surface area contributed by atoms with E-state index < -0.39 is 7.14 Å². The minimum atomic E-state index is -2.03. The lowest BCUT2D eigenvalue weighted by Gasteiger charge is -2.06. The highest BCUT2D eigenvalue weighted by atomic mass is 31.2. The first kappa shape index (κ1) is 10.2. The number of aldehydes is 1. The van der Waals surface area contributed by atoms with E-state index in [0.29, 0.717) is 11.7 Å². The van der Waals surface area contributed by atoms with Gasteiger partial charge in [0.05, 0.1) is 7.14 Å². The average molecular weight is 196 g/mol. The summed E-state index contributed by atoms with van der Waals surface area (Å²) in [6, 6.07) is 7.24. The Labute approximate surface area is 78.3 Å². The highest BCUT2D eigenvalue weighted by Gasteiger charge is 2.08. The molecule has 70 valence electrons. The van der Waals surface area contributed by atoms with E-state index >= 15 is 0 Å². The van der Waals surface area contributed by atoms with Gasteiger partial charge in [0.25, 0.3) is 0 Å². The van der Waals surface area contributed by atoms with Crippen molar-refractivity contribution in [1.82, 2.24) is 0 Å². The summed E-state index contributed by atoms with van der Waals surface area (Å²) >= 11 is 0. The van der Waals surface area contributed by atoms with E-state index in [4.69, 9.17) is 0 Å². The molecule has 0 aliphatic rings. The molecule has 1 aromatic rings. The van der Waals surface area contributed by atoms with Crippen LogP contribution in [0.2, 0.25) is 0 Å². The third-order valence-electron chi connectivity index (χ3n) is 1.65. The van der Waals surface area contributed by atoms with E-state index in [1.807, 2.05) is 12.1 Å². The summed E-state index contributed by atoms with van der Waals surface area (Å²) in [5.74, 6) is 0. The van der Waals surface area contributed by atoms with Crippen molar-refractivity contribution in [3.8, 4) is 0 Å². The summed E-state index contributed by atoms with van der Waals surface area (Å²) in [7, 11) is -2.03. The van der Waals surface area contributed by atoms with Gasteiger partial charge in [0, 0.05) is 11.7 Å². The van der Waals surface area contributed by atoms with Gasteiger partial charge >= 0.3 is 0 Å². The first-order valence-corrected chi connectivity index (χ1v) is 6.88. The molecule has 0 bridgehead atoms. The highest BCUT2D eigenvalue weighted by molar-refractivity contribution is 7.61. The Balaban J connectivity index is 2.90. The van der Waals surface area contributed by atoms with Crippen LogP contribution < -0.4 is 0 Å². The van der Waals surface area contributed by atoms with Gasteiger partial charge in [-0.25, -0.2) is 0 Å². The largest absolute Gasteiger partial charge is 0.324 e. The first-order chi connectivity index (χ1) is 6.01. The summed E-state index contributed by atoms with van der Waals surface area (Å²) in [6.45, 7) is 3.50. The highest BCUT2D eigenvalue weighted by Crippen LogP contribution is 2.40. The van der Waals surface area contributed by atoms with Gasteiger partial charge < -0.3 is 4.57 Å². The van der Waals surface area contributed by atoms with Crippen molar-refractivity contribution < 1.29 is 9.36 Å². The monoisotopic (exact) mass is 196 g/mol. The van der Waals surface area contributed by atoms with Gasteiger partial charge in [-0.3, -0.25) is 4.79 Å². The molecule has 0 saturated heterocycles. The van der Waals surface area contributed by atoms with E-state index in [9.17, 15) is 9.36 Å². The van der Waals surface area contributed by atoms with E-state index in [2.05, 4.69) is 0 Å². The second-order valence-corrected chi connectivity index (χ2v) is 7.06. The Morgan fingerprint density at radius 1 is 1.38 bits per heavy atom. The molecule has 0 spiro atoms. The van der Waals surface area contributed by atoms with Gasteiger partial charge in [-0.2, -0.15) is 0 Å². The van der Waals surface area contributed by atoms with Crippen LogP contribution in [0.4, 0.5) is 0 Å². The Hall–Kier alpha value is -0.880. The molecule has 2 nitrogen and oxygen atoms in total. The minimum Gasteiger partial charge on any atom is -0.324 e. The molecule has 1 aromatic carbocycles. The SMILES string of the molecule is CP(C)(=O)Cc1cccc(C=O)c1. The van der Waals surface area contributed by atoms with Crippen LogP contribution in [0, 0.1) is 0 Å². The summed E-state index contributed by atoms with van der Waals surface area (Å²) in [5.41, 5.74) is 1.61. The lowest BCUT2D eigenvalue weighted by atomic mass is 10.2. The molecule has 0 saturated carbocycles. The maximum Gasteiger partial charge on any atom is 0.150 e. The molecule has 0 fully saturated rings. The second-order valence-electron chi connectivity index (χ2n) is 3.59. The first-order valence-electron chi connectivity index (χ1n) is 4.09. The number of hydrogen-bond donors (Lipinski definition) is 0. The number of hydrogen-bond acceptors (Lipinski definition) is 2. The molecule has 0 amide bonds. The molecule has 1 rings (SSSR count). The molecule has 13 heavy (non-hydrogen) atoms. The fourth-order valence-corrected chi connectivity index (χ4v) is 2.28. The van der Waals surface area contributed by atoms with Gasteiger partial charge in [0.15, 0.2) is 0 Å². The van der Waals surface area contributed by atoms with Gasteiger partial charge in [-0.15, -0.1) is 0 Å². The number of carbonyl (C=O) groups is 1. The smallest absolute Gasteiger partial charge is 0.150 e. The third-order valence-corrected chi connectivity index (χ3v) is 2.78. The molecule has 0 atom stereocenters. The summed E-state index contributed by atoms with van der Waals surface area (Å²) in [4.78, 5) is 10.5. The Kier molecular flexibility index (Phi) is 3.05. The minimum absolute atomic E-state index is 0.564. The molecular weight excluding hydrogens is 183 g/mol. The van der Waals surface area contributed by atoms with Crippen LogP contribution in [0.5, 0.6) is 0 Å². The summed E-state index contributed by atoms with van der Waals surface area (Å²) < 4.78 is 11.5. The van der Waals surface area contributed by atoms with Crippen molar-refractivity contribution >= 4 is 13.4 Å². The predicted molar refractivity (Wildman–Crippen MR) is 55.0 cm³/mol. The van der Waals surface area contributed by atoms with Gasteiger partial charge in [0.2, 0.25) is 0 Å². The summed E-state index contributed by atoms with van der Waals surface area (Å²) in [6.07, 6.45) is 1.37. The van der Waals surface area contributed by atoms with E-state index in [0.717, 1.165) is 11.8 Å². The van der Waals surface area contributed by atoms with Crippen molar-refractivity contribution in [2.24, 2.45) is 0 Å². The number of benzene rings is 1. The van der Waals surface area contributed by atoms with Gasteiger partial charge in [-0.05, 0) is 25.0 Å². The second kappa shape index (κ2) is 3.89. The zero-order valence-corrected chi connectivity index (χ0v) is 8.75. The van der Waals surface area contributed by atoms with Crippen molar-refractivity contribution in [3.63, 3.8) is 0 Å². The Morgan fingerprint density at radius 3 is 2.62 bits per heavy atom. The zero-order valence-electron chi connectivity index (χ0n) is 7.86. The molecule has 3 heteroatoms. The summed E-state index contributed by atoms with van der Waals surface area (Å²) in [5, 5.41) is 0. The fraction of sp³-hybridized carbons (Fsp3) is 0.300. The van der Waals surface area contributed by atoms with E-state index in [1.165, 1.54) is 0 Å². The molecule has 0 aromatic heterocycles. The standard InChI is InChI=1S/C10H13O2P/c1-13(2,12)8-10-5-3-4-9(6-10)7-11/h3-7H,8H2,1-2H3. The molecule has 0 heterocycles. The topological polar surface area (TPSA) is 34.1 Å². The van der Waals surface area contributed by atoms with E-state index in [-0.39, 0.29) is 0 Å². The van der Waals surface area contributed by atoms with Crippen molar-refractivity contribution in [2.45, 2.75) is 6.16 Å². The molecule has 0 radical (unpaired) electrons. The predicted octanol–water partition coefficient (Wildman–Crippen LogP) is 2.62.